The van der Waals surface area contributed by atoms with E-state index in [4.69, 9.17) is 4.52 Å². The second-order valence-electron chi connectivity index (χ2n) is 4.14. The van der Waals surface area contributed by atoms with Gasteiger partial charge in [-0.05, 0) is 13.3 Å². The first-order valence-corrected chi connectivity index (χ1v) is 6.29. The average Bonchev–Trinajstić information content (AvgIpc) is 2.83. The molecule has 2 aromatic rings. The van der Waals surface area contributed by atoms with Crippen LogP contribution in [0.4, 0.5) is 11.6 Å². The Hall–Kier alpha value is -2.18. The normalized spacial score (nSPS) is 10.5. The maximum absolute atomic E-state index is 5.06. The fourth-order valence-electron chi connectivity index (χ4n) is 1.84. The highest BCUT2D eigenvalue weighted by atomic mass is 16.5. The molecule has 7 nitrogen and oxygen atoms in total. The first-order chi connectivity index (χ1) is 9.24. The summed E-state index contributed by atoms with van der Waals surface area (Å²) in [6.07, 6.45) is 3.46. The van der Waals surface area contributed by atoms with Gasteiger partial charge in [0, 0.05) is 12.6 Å². The molecular weight excluding hydrogens is 244 g/mol. The zero-order valence-electron chi connectivity index (χ0n) is 11.4. The maximum Gasteiger partial charge on any atom is 0.245 e. The molecule has 7 heteroatoms. The van der Waals surface area contributed by atoms with E-state index in [-0.39, 0.29) is 0 Å². The van der Waals surface area contributed by atoms with Crippen LogP contribution in [0.15, 0.2) is 10.9 Å². The summed E-state index contributed by atoms with van der Waals surface area (Å²) in [7, 11) is 1.85. The SMILES string of the molecule is CCCc1c(NC)ncnc1NCc1nc(C)no1. The summed E-state index contributed by atoms with van der Waals surface area (Å²) < 4.78 is 5.06. The largest absolute Gasteiger partial charge is 0.373 e. The molecule has 2 N–H and O–H groups in total. The quantitative estimate of drug-likeness (QED) is 0.820. The molecule has 0 amide bonds. The van der Waals surface area contributed by atoms with E-state index in [0.717, 1.165) is 30.0 Å². The molecule has 0 aliphatic rings. The topological polar surface area (TPSA) is 88.8 Å². The van der Waals surface area contributed by atoms with Crippen LogP contribution in [-0.4, -0.2) is 27.2 Å². The number of hydrogen-bond acceptors (Lipinski definition) is 7. The number of hydrogen-bond donors (Lipinski definition) is 2. The van der Waals surface area contributed by atoms with Gasteiger partial charge in [-0.1, -0.05) is 18.5 Å². The van der Waals surface area contributed by atoms with Crippen LogP contribution >= 0.6 is 0 Å². The lowest BCUT2D eigenvalue weighted by Crippen LogP contribution is -2.08. The number of nitrogens with one attached hydrogen (secondary N) is 2. The van der Waals surface area contributed by atoms with Crippen molar-refractivity contribution in [3.8, 4) is 0 Å². The molecule has 0 unspecified atom stereocenters. The highest BCUT2D eigenvalue weighted by molar-refractivity contribution is 5.57. The lowest BCUT2D eigenvalue weighted by atomic mass is 10.1. The Labute approximate surface area is 111 Å². The molecule has 0 aromatic carbocycles. The highest BCUT2D eigenvalue weighted by Crippen LogP contribution is 2.21. The summed E-state index contributed by atoms with van der Waals surface area (Å²) in [6.45, 7) is 4.37. The fraction of sp³-hybridized carbons (Fsp3) is 0.500. The minimum atomic E-state index is 0.456. The summed E-state index contributed by atoms with van der Waals surface area (Å²) in [4.78, 5) is 12.6. The molecule has 0 saturated carbocycles. The molecule has 0 saturated heterocycles. The van der Waals surface area contributed by atoms with Crippen LogP contribution < -0.4 is 10.6 Å². The van der Waals surface area contributed by atoms with Crippen LogP contribution in [0.2, 0.25) is 0 Å². The lowest BCUT2D eigenvalue weighted by molar-refractivity contribution is 0.379. The Bertz CT molecular complexity index is 539. The number of aryl methyl sites for hydroxylation is 1. The number of nitrogens with zero attached hydrogens (tertiary/aromatic N) is 4. The zero-order chi connectivity index (χ0) is 13.7. The second kappa shape index (κ2) is 6.12. The fourth-order valence-corrected chi connectivity index (χ4v) is 1.84. The molecule has 0 aliphatic carbocycles. The van der Waals surface area contributed by atoms with Gasteiger partial charge in [0.05, 0.1) is 6.54 Å². The van der Waals surface area contributed by atoms with E-state index < -0.39 is 0 Å². The van der Waals surface area contributed by atoms with Gasteiger partial charge in [0.15, 0.2) is 5.82 Å². The van der Waals surface area contributed by atoms with Crippen molar-refractivity contribution >= 4 is 11.6 Å². The van der Waals surface area contributed by atoms with Crippen molar-refractivity contribution in [3.63, 3.8) is 0 Å². The van der Waals surface area contributed by atoms with Crippen molar-refractivity contribution in [2.24, 2.45) is 0 Å². The van der Waals surface area contributed by atoms with Crippen LogP contribution in [-0.2, 0) is 13.0 Å². The van der Waals surface area contributed by atoms with Crippen molar-refractivity contribution in [1.29, 1.82) is 0 Å². The molecule has 0 atom stereocenters. The molecule has 102 valence electrons. The van der Waals surface area contributed by atoms with E-state index in [0.29, 0.717) is 18.3 Å². The maximum atomic E-state index is 5.06. The Morgan fingerprint density at radius 2 is 2.05 bits per heavy atom. The molecular formula is C12H18N6O. The molecule has 2 aromatic heterocycles. The van der Waals surface area contributed by atoms with E-state index in [1.807, 2.05) is 7.05 Å². The molecule has 2 rings (SSSR count). The van der Waals surface area contributed by atoms with Crippen molar-refractivity contribution in [2.75, 3.05) is 17.7 Å². The lowest BCUT2D eigenvalue weighted by Gasteiger charge is -2.12. The van der Waals surface area contributed by atoms with E-state index >= 15 is 0 Å². The first kappa shape index (κ1) is 13.3. The summed E-state index contributed by atoms with van der Waals surface area (Å²) >= 11 is 0. The van der Waals surface area contributed by atoms with Gasteiger partial charge in [0.1, 0.15) is 18.0 Å². The van der Waals surface area contributed by atoms with Crippen LogP contribution in [0.3, 0.4) is 0 Å². The van der Waals surface area contributed by atoms with Gasteiger partial charge in [-0.15, -0.1) is 0 Å². The monoisotopic (exact) mass is 262 g/mol. The van der Waals surface area contributed by atoms with Gasteiger partial charge in [-0.2, -0.15) is 4.98 Å². The molecule has 0 aliphatic heterocycles. The van der Waals surface area contributed by atoms with Gasteiger partial charge in [0.2, 0.25) is 5.89 Å². The van der Waals surface area contributed by atoms with Crippen LogP contribution in [0.1, 0.15) is 30.6 Å². The Kier molecular flexibility index (Phi) is 4.27. The third kappa shape index (κ3) is 3.18. The summed E-state index contributed by atoms with van der Waals surface area (Å²) in [5.74, 6) is 2.83. The third-order valence-corrected chi connectivity index (χ3v) is 2.66. The van der Waals surface area contributed by atoms with E-state index in [2.05, 4.69) is 37.7 Å². The minimum Gasteiger partial charge on any atom is -0.373 e. The average molecular weight is 262 g/mol. The van der Waals surface area contributed by atoms with Crippen molar-refractivity contribution in [2.45, 2.75) is 33.2 Å². The van der Waals surface area contributed by atoms with Crippen molar-refractivity contribution in [1.82, 2.24) is 20.1 Å². The third-order valence-electron chi connectivity index (χ3n) is 2.66. The molecule has 0 bridgehead atoms. The second-order valence-corrected chi connectivity index (χ2v) is 4.14. The predicted molar refractivity (Wildman–Crippen MR) is 71.9 cm³/mol. The molecule has 0 fully saturated rings. The zero-order valence-corrected chi connectivity index (χ0v) is 11.4. The highest BCUT2D eigenvalue weighted by Gasteiger charge is 2.10. The molecule has 2 heterocycles. The van der Waals surface area contributed by atoms with Gasteiger partial charge >= 0.3 is 0 Å². The van der Waals surface area contributed by atoms with Crippen LogP contribution in [0, 0.1) is 6.92 Å². The van der Waals surface area contributed by atoms with E-state index in [1.165, 1.54) is 6.33 Å². The van der Waals surface area contributed by atoms with Crippen LogP contribution in [0.25, 0.3) is 0 Å². The number of aromatic nitrogens is 4. The van der Waals surface area contributed by atoms with Gasteiger partial charge < -0.3 is 15.2 Å². The van der Waals surface area contributed by atoms with Gasteiger partial charge in [-0.3, -0.25) is 0 Å². The van der Waals surface area contributed by atoms with Crippen LogP contribution in [0.5, 0.6) is 0 Å². The number of rotatable bonds is 6. The Morgan fingerprint density at radius 3 is 2.68 bits per heavy atom. The van der Waals surface area contributed by atoms with Gasteiger partial charge in [-0.25, -0.2) is 9.97 Å². The standard InChI is InChI=1S/C12H18N6O/c1-4-5-9-11(13-3)15-7-16-12(9)14-6-10-17-8(2)18-19-10/h7H,4-6H2,1-3H3,(H2,13,14,15,16). The van der Waals surface area contributed by atoms with Crippen molar-refractivity contribution in [3.05, 3.63) is 23.6 Å². The Balaban J connectivity index is 2.14. The minimum absolute atomic E-state index is 0.456. The number of anilines is 2. The molecule has 0 radical (unpaired) electrons. The van der Waals surface area contributed by atoms with Gasteiger partial charge in [0.25, 0.3) is 0 Å². The molecule has 19 heavy (non-hydrogen) atoms. The van der Waals surface area contributed by atoms with E-state index in [9.17, 15) is 0 Å². The summed E-state index contributed by atoms with van der Waals surface area (Å²) in [6, 6.07) is 0. The summed E-state index contributed by atoms with van der Waals surface area (Å²) in [5.41, 5.74) is 1.07. The predicted octanol–water partition coefficient (Wildman–Crippen LogP) is 1.77. The summed E-state index contributed by atoms with van der Waals surface area (Å²) in [5, 5.41) is 10.0. The first-order valence-electron chi connectivity index (χ1n) is 6.29. The molecule has 0 spiro atoms. The van der Waals surface area contributed by atoms with Crippen molar-refractivity contribution < 1.29 is 4.52 Å². The van der Waals surface area contributed by atoms with E-state index in [1.54, 1.807) is 6.92 Å². The smallest absolute Gasteiger partial charge is 0.245 e. The Morgan fingerprint density at radius 1 is 1.26 bits per heavy atom.